The summed E-state index contributed by atoms with van der Waals surface area (Å²) in [6.07, 6.45) is 2.90. The molecule has 8 heteroatoms. The fourth-order valence-corrected chi connectivity index (χ4v) is 2.75. The van der Waals surface area contributed by atoms with Crippen LogP contribution < -0.4 is 16.2 Å². The molecule has 3 N–H and O–H groups in total. The van der Waals surface area contributed by atoms with Gasteiger partial charge in [0.05, 0.1) is 0 Å². The van der Waals surface area contributed by atoms with Crippen molar-refractivity contribution in [2.24, 2.45) is 0 Å². The molecule has 3 amide bonds. The van der Waals surface area contributed by atoms with Gasteiger partial charge in [-0.3, -0.25) is 25.2 Å². The van der Waals surface area contributed by atoms with Crippen molar-refractivity contribution in [3.8, 4) is 0 Å². The molecule has 0 aliphatic heterocycles. The van der Waals surface area contributed by atoms with E-state index < -0.39 is 11.8 Å². The van der Waals surface area contributed by atoms with Gasteiger partial charge in [0, 0.05) is 34.5 Å². The Morgan fingerprint density at radius 3 is 2.58 bits per heavy atom. The van der Waals surface area contributed by atoms with Gasteiger partial charge in [-0.1, -0.05) is 23.7 Å². The van der Waals surface area contributed by atoms with Gasteiger partial charge in [-0.15, -0.1) is 11.3 Å². The van der Waals surface area contributed by atoms with Crippen LogP contribution >= 0.6 is 22.9 Å². The Bertz CT molecular complexity index is 819. The minimum Gasteiger partial charge on any atom is -0.326 e. The SMILES string of the molecule is Cc1c(Cl)cccc1NC(=O)CCC(=O)NNC(=O)/C=C/c1cccs1. The predicted octanol–water partition coefficient (Wildman–Crippen LogP) is 3.29. The lowest BCUT2D eigenvalue weighted by Crippen LogP contribution is -2.41. The highest BCUT2D eigenvalue weighted by Crippen LogP contribution is 2.23. The lowest BCUT2D eigenvalue weighted by molar-refractivity contribution is -0.128. The quantitative estimate of drug-likeness (QED) is 0.521. The number of anilines is 1. The van der Waals surface area contributed by atoms with Crippen LogP contribution in [0.4, 0.5) is 5.69 Å². The number of carbonyl (C=O) groups is 3. The number of hydrazine groups is 1. The van der Waals surface area contributed by atoms with E-state index in [4.69, 9.17) is 11.6 Å². The Morgan fingerprint density at radius 1 is 1.08 bits per heavy atom. The molecule has 1 aromatic carbocycles. The summed E-state index contributed by atoms with van der Waals surface area (Å²) in [6, 6.07) is 8.94. The second-order valence-electron chi connectivity index (χ2n) is 5.35. The summed E-state index contributed by atoms with van der Waals surface area (Å²) >= 11 is 7.49. The maximum Gasteiger partial charge on any atom is 0.262 e. The molecule has 0 atom stereocenters. The molecule has 0 bridgehead atoms. The molecule has 1 aromatic heterocycles. The molecule has 136 valence electrons. The van der Waals surface area contributed by atoms with Crippen molar-refractivity contribution < 1.29 is 14.4 Å². The van der Waals surface area contributed by atoms with Crippen LogP contribution in [-0.2, 0) is 14.4 Å². The first-order chi connectivity index (χ1) is 12.5. The zero-order valence-electron chi connectivity index (χ0n) is 14.0. The van der Waals surface area contributed by atoms with Gasteiger partial charge < -0.3 is 5.32 Å². The van der Waals surface area contributed by atoms with E-state index in [0.29, 0.717) is 10.7 Å². The van der Waals surface area contributed by atoms with Crippen LogP contribution in [0.3, 0.4) is 0 Å². The van der Waals surface area contributed by atoms with Crippen molar-refractivity contribution in [3.63, 3.8) is 0 Å². The van der Waals surface area contributed by atoms with Gasteiger partial charge >= 0.3 is 0 Å². The minimum absolute atomic E-state index is 0.0152. The normalized spacial score (nSPS) is 10.5. The van der Waals surface area contributed by atoms with Crippen LogP contribution in [0.2, 0.25) is 5.02 Å². The molecule has 0 fully saturated rings. The Morgan fingerprint density at radius 2 is 1.85 bits per heavy atom. The molecule has 1 heterocycles. The van der Waals surface area contributed by atoms with Crippen molar-refractivity contribution in [2.45, 2.75) is 19.8 Å². The molecule has 6 nitrogen and oxygen atoms in total. The van der Waals surface area contributed by atoms with Crippen molar-refractivity contribution in [2.75, 3.05) is 5.32 Å². The molecule has 0 spiro atoms. The highest BCUT2D eigenvalue weighted by atomic mass is 35.5. The molecule has 2 rings (SSSR count). The lowest BCUT2D eigenvalue weighted by atomic mass is 10.2. The van der Waals surface area contributed by atoms with Crippen LogP contribution in [0.25, 0.3) is 6.08 Å². The summed E-state index contributed by atoms with van der Waals surface area (Å²) in [6.45, 7) is 1.80. The summed E-state index contributed by atoms with van der Waals surface area (Å²) in [5.74, 6) is -1.22. The number of nitrogens with one attached hydrogen (secondary N) is 3. The molecule has 0 aliphatic rings. The number of rotatable bonds is 6. The standard InChI is InChI=1S/C18H18ClN3O3S/c1-12-14(19)5-2-6-15(12)20-16(23)9-10-18(25)22-21-17(24)8-7-13-4-3-11-26-13/h2-8,11H,9-10H2,1H3,(H,20,23)(H,21,24)(H,22,25)/b8-7+. The summed E-state index contributed by atoms with van der Waals surface area (Å²) in [5.41, 5.74) is 5.90. The van der Waals surface area contributed by atoms with Crippen LogP contribution in [0.5, 0.6) is 0 Å². The molecule has 0 saturated carbocycles. The molecular formula is C18H18ClN3O3S. The van der Waals surface area contributed by atoms with Crippen LogP contribution in [-0.4, -0.2) is 17.7 Å². The Balaban J connectivity index is 1.70. The highest BCUT2D eigenvalue weighted by molar-refractivity contribution is 7.10. The van der Waals surface area contributed by atoms with Crippen molar-refractivity contribution in [3.05, 3.63) is 57.3 Å². The van der Waals surface area contributed by atoms with E-state index in [2.05, 4.69) is 16.2 Å². The fraction of sp³-hybridized carbons (Fsp3) is 0.167. The highest BCUT2D eigenvalue weighted by Gasteiger charge is 2.10. The monoisotopic (exact) mass is 391 g/mol. The molecule has 0 saturated heterocycles. The van der Waals surface area contributed by atoms with E-state index in [1.807, 2.05) is 17.5 Å². The van der Waals surface area contributed by atoms with Gasteiger partial charge in [0.1, 0.15) is 0 Å². The van der Waals surface area contributed by atoms with Crippen LogP contribution in [0, 0.1) is 6.92 Å². The number of benzene rings is 1. The Kier molecular flexibility index (Phi) is 7.37. The topological polar surface area (TPSA) is 87.3 Å². The van der Waals surface area contributed by atoms with Gasteiger partial charge in [0.2, 0.25) is 11.8 Å². The number of carbonyl (C=O) groups excluding carboxylic acids is 3. The van der Waals surface area contributed by atoms with E-state index in [1.165, 1.54) is 17.4 Å². The molecule has 26 heavy (non-hydrogen) atoms. The predicted molar refractivity (Wildman–Crippen MR) is 104 cm³/mol. The van der Waals surface area contributed by atoms with E-state index in [9.17, 15) is 14.4 Å². The zero-order chi connectivity index (χ0) is 18.9. The molecule has 0 aliphatic carbocycles. The number of amides is 3. The molecule has 2 aromatic rings. The minimum atomic E-state index is -0.458. The van der Waals surface area contributed by atoms with E-state index in [-0.39, 0.29) is 18.7 Å². The lowest BCUT2D eigenvalue weighted by Gasteiger charge is -2.09. The van der Waals surface area contributed by atoms with Gasteiger partial charge in [-0.2, -0.15) is 0 Å². The maximum atomic E-state index is 11.9. The zero-order valence-corrected chi connectivity index (χ0v) is 15.6. The largest absolute Gasteiger partial charge is 0.326 e. The molecular weight excluding hydrogens is 374 g/mol. The average Bonchev–Trinajstić information content (AvgIpc) is 3.14. The van der Waals surface area contributed by atoms with E-state index in [0.717, 1.165) is 10.4 Å². The second-order valence-corrected chi connectivity index (χ2v) is 6.73. The third kappa shape index (κ3) is 6.34. The number of hydrogen-bond donors (Lipinski definition) is 3. The fourth-order valence-electron chi connectivity index (χ4n) is 1.96. The maximum absolute atomic E-state index is 11.9. The van der Waals surface area contributed by atoms with Crippen molar-refractivity contribution >= 4 is 52.4 Å². The van der Waals surface area contributed by atoms with Crippen molar-refractivity contribution in [1.29, 1.82) is 0 Å². The van der Waals surface area contributed by atoms with E-state index in [1.54, 1.807) is 31.2 Å². The Hall–Kier alpha value is -2.64. The van der Waals surface area contributed by atoms with Gasteiger partial charge in [-0.25, -0.2) is 0 Å². The summed E-state index contributed by atoms with van der Waals surface area (Å²) < 4.78 is 0. The summed E-state index contributed by atoms with van der Waals surface area (Å²) in [5, 5.41) is 5.16. The Labute approximate surface area is 160 Å². The number of hydrogen-bond acceptors (Lipinski definition) is 4. The van der Waals surface area contributed by atoms with Gasteiger partial charge in [0.15, 0.2) is 0 Å². The number of thiophene rings is 1. The van der Waals surface area contributed by atoms with Crippen LogP contribution in [0.1, 0.15) is 23.3 Å². The van der Waals surface area contributed by atoms with Gasteiger partial charge in [-0.05, 0) is 42.1 Å². The third-order valence-corrected chi connectivity index (χ3v) is 4.64. The van der Waals surface area contributed by atoms with Crippen molar-refractivity contribution in [1.82, 2.24) is 10.9 Å². The average molecular weight is 392 g/mol. The second kappa shape index (κ2) is 9.74. The third-order valence-electron chi connectivity index (χ3n) is 3.39. The summed E-state index contributed by atoms with van der Waals surface area (Å²) in [4.78, 5) is 36.2. The first-order valence-corrected chi connectivity index (χ1v) is 9.07. The first-order valence-electron chi connectivity index (χ1n) is 7.81. The van der Waals surface area contributed by atoms with E-state index >= 15 is 0 Å². The first kappa shape index (κ1) is 19.7. The molecule has 0 unspecified atom stereocenters. The van der Waals surface area contributed by atoms with Crippen LogP contribution in [0.15, 0.2) is 41.8 Å². The molecule has 0 radical (unpaired) electrons. The summed E-state index contributed by atoms with van der Waals surface area (Å²) in [7, 11) is 0. The smallest absolute Gasteiger partial charge is 0.262 e. The number of halogens is 1. The van der Waals surface area contributed by atoms with Gasteiger partial charge in [0.25, 0.3) is 5.91 Å².